The van der Waals surface area contributed by atoms with Crippen LogP contribution >= 0.6 is 0 Å². The molecular weight excluding hydrogens is 272 g/mol. The van der Waals surface area contributed by atoms with Gasteiger partial charge in [0.15, 0.2) is 11.5 Å². The van der Waals surface area contributed by atoms with E-state index >= 15 is 0 Å². The summed E-state index contributed by atoms with van der Waals surface area (Å²) in [6.07, 6.45) is 1.21. The van der Waals surface area contributed by atoms with E-state index in [1.54, 1.807) is 19.9 Å². The number of benzene rings is 1. The summed E-state index contributed by atoms with van der Waals surface area (Å²) in [5.41, 5.74) is 0.0717. The van der Waals surface area contributed by atoms with Crippen molar-refractivity contribution < 1.29 is 23.2 Å². The standard InChI is InChI=1S/C13H15F2NO4/c1-8(2)10(16(17)18)7-9-5-4-6-11(19-3)12(9)20-13(14)15/h4-8,13H,1-3H3/b10-7-. The first-order valence-corrected chi connectivity index (χ1v) is 5.84. The molecule has 0 saturated carbocycles. The van der Waals surface area contributed by atoms with Crippen molar-refractivity contribution >= 4 is 6.08 Å². The van der Waals surface area contributed by atoms with Gasteiger partial charge in [-0.25, -0.2) is 0 Å². The second-order valence-corrected chi connectivity index (χ2v) is 4.24. The van der Waals surface area contributed by atoms with Gasteiger partial charge in [-0.2, -0.15) is 8.78 Å². The molecule has 0 spiro atoms. The highest BCUT2D eigenvalue weighted by Gasteiger charge is 2.20. The Morgan fingerprint density at radius 2 is 2.05 bits per heavy atom. The molecule has 5 nitrogen and oxygen atoms in total. The number of methoxy groups -OCH3 is 1. The van der Waals surface area contributed by atoms with Crippen LogP contribution in [0.2, 0.25) is 0 Å². The van der Waals surface area contributed by atoms with Crippen molar-refractivity contribution in [2.75, 3.05) is 7.11 Å². The van der Waals surface area contributed by atoms with Crippen LogP contribution in [-0.2, 0) is 0 Å². The van der Waals surface area contributed by atoms with E-state index < -0.39 is 11.5 Å². The van der Waals surface area contributed by atoms with Crippen molar-refractivity contribution in [2.24, 2.45) is 5.92 Å². The molecule has 0 aliphatic carbocycles. The minimum Gasteiger partial charge on any atom is -0.493 e. The van der Waals surface area contributed by atoms with E-state index in [0.717, 1.165) is 0 Å². The summed E-state index contributed by atoms with van der Waals surface area (Å²) >= 11 is 0. The van der Waals surface area contributed by atoms with Crippen molar-refractivity contribution in [2.45, 2.75) is 20.5 Å². The van der Waals surface area contributed by atoms with E-state index in [1.165, 1.54) is 25.3 Å². The molecule has 110 valence electrons. The fourth-order valence-electron chi connectivity index (χ4n) is 1.61. The molecule has 0 saturated heterocycles. The Kier molecular flexibility index (Phi) is 5.42. The van der Waals surface area contributed by atoms with Gasteiger partial charge in [0.2, 0.25) is 5.70 Å². The molecule has 1 aromatic rings. The van der Waals surface area contributed by atoms with E-state index in [4.69, 9.17) is 4.74 Å². The van der Waals surface area contributed by atoms with Gasteiger partial charge in [-0.1, -0.05) is 26.0 Å². The van der Waals surface area contributed by atoms with Crippen LogP contribution in [-0.4, -0.2) is 18.6 Å². The minimum absolute atomic E-state index is 0.0884. The Morgan fingerprint density at radius 3 is 2.50 bits per heavy atom. The smallest absolute Gasteiger partial charge is 0.387 e. The highest BCUT2D eigenvalue weighted by molar-refractivity contribution is 5.63. The van der Waals surface area contributed by atoms with Gasteiger partial charge in [0.1, 0.15) is 0 Å². The Bertz CT molecular complexity index is 515. The summed E-state index contributed by atoms with van der Waals surface area (Å²) in [7, 11) is 1.30. The van der Waals surface area contributed by atoms with Crippen LogP contribution in [0.4, 0.5) is 8.78 Å². The maximum atomic E-state index is 12.4. The van der Waals surface area contributed by atoms with Crippen LogP contribution in [0.5, 0.6) is 11.5 Å². The van der Waals surface area contributed by atoms with Gasteiger partial charge in [0, 0.05) is 17.6 Å². The predicted molar refractivity (Wildman–Crippen MR) is 69.4 cm³/mol. The lowest BCUT2D eigenvalue weighted by molar-refractivity contribution is -0.431. The fraction of sp³-hybridized carbons (Fsp3) is 0.385. The van der Waals surface area contributed by atoms with Crippen LogP contribution in [0.3, 0.4) is 0 Å². The maximum Gasteiger partial charge on any atom is 0.387 e. The lowest BCUT2D eigenvalue weighted by Gasteiger charge is -2.12. The van der Waals surface area contributed by atoms with Gasteiger partial charge in [-0.3, -0.25) is 10.1 Å². The van der Waals surface area contributed by atoms with E-state index in [1.807, 2.05) is 0 Å². The fourth-order valence-corrected chi connectivity index (χ4v) is 1.61. The average Bonchev–Trinajstić information content (AvgIpc) is 2.35. The molecule has 1 aromatic carbocycles. The zero-order valence-corrected chi connectivity index (χ0v) is 11.3. The normalized spacial score (nSPS) is 11.8. The van der Waals surface area contributed by atoms with Gasteiger partial charge in [-0.15, -0.1) is 0 Å². The van der Waals surface area contributed by atoms with E-state index in [-0.39, 0.29) is 28.7 Å². The molecule has 0 atom stereocenters. The Hall–Kier alpha value is -2.18. The minimum atomic E-state index is -3.04. The first-order chi connectivity index (χ1) is 9.36. The van der Waals surface area contributed by atoms with E-state index in [2.05, 4.69) is 4.74 Å². The van der Waals surface area contributed by atoms with Crippen molar-refractivity contribution in [1.82, 2.24) is 0 Å². The van der Waals surface area contributed by atoms with Crippen molar-refractivity contribution in [1.29, 1.82) is 0 Å². The van der Waals surface area contributed by atoms with Crippen LogP contribution in [0.15, 0.2) is 23.9 Å². The first kappa shape index (κ1) is 15.9. The maximum absolute atomic E-state index is 12.4. The molecule has 7 heteroatoms. The highest BCUT2D eigenvalue weighted by atomic mass is 19.3. The Balaban J connectivity index is 3.36. The third kappa shape index (κ3) is 3.91. The molecule has 0 radical (unpaired) electrons. The number of nitrogens with zero attached hydrogens (tertiary/aromatic N) is 1. The zero-order chi connectivity index (χ0) is 15.3. The molecule has 1 rings (SSSR count). The van der Waals surface area contributed by atoms with Gasteiger partial charge < -0.3 is 9.47 Å². The van der Waals surface area contributed by atoms with E-state index in [9.17, 15) is 18.9 Å². The summed E-state index contributed by atoms with van der Waals surface area (Å²) in [6, 6.07) is 4.43. The predicted octanol–water partition coefficient (Wildman–Crippen LogP) is 3.57. The Morgan fingerprint density at radius 1 is 1.40 bits per heavy atom. The number of halogens is 2. The third-order valence-electron chi connectivity index (χ3n) is 2.54. The second-order valence-electron chi connectivity index (χ2n) is 4.24. The molecule has 0 unspecified atom stereocenters. The molecule has 0 fully saturated rings. The van der Waals surface area contributed by atoms with Crippen molar-refractivity contribution in [3.05, 3.63) is 39.6 Å². The first-order valence-electron chi connectivity index (χ1n) is 5.84. The second kappa shape index (κ2) is 6.83. The molecule has 0 aromatic heterocycles. The number of para-hydroxylation sites is 1. The number of hydrogen-bond acceptors (Lipinski definition) is 4. The van der Waals surface area contributed by atoms with Gasteiger partial charge >= 0.3 is 6.61 Å². The van der Waals surface area contributed by atoms with Crippen molar-refractivity contribution in [3.8, 4) is 11.5 Å². The lowest BCUT2D eigenvalue weighted by Crippen LogP contribution is -2.08. The average molecular weight is 287 g/mol. The van der Waals surface area contributed by atoms with Crippen molar-refractivity contribution in [3.63, 3.8) is 0 Å². The summed E-state index contributed by atoms with van der Waals surface area (Å²) in [5, 5.41) is 11.0. The molecule has 20 heavy (non-hydrogen) atoms. The van der Waals surface area contributed by atoms with Gasteiger partial charge in [-0.05, 0) is 6.07 Å². The van der Waals surface area contributed by atoms with Gasteiger partial charge in [0.05, 0.1) is 12.0 Å². The largest absolute Gasteiger partial charge is 0.493 e. The summed E-state index contributed by atoms with van der Waals surface area (Å²) in [5.74, 6) is -0.494. The summed E-state index contributed by atoms with van der Waals surface area (Å²) in [6.45, 7) is 0.238. The topological polar surface area (TPSA) is 61.6 Å². The van der Waals surface area contributed by atoms with Crippen LogP contribution in [0.1, 0.15) is 19.4 Å². The number of hydrogen-bond donors (Lipinski definition) is 0. The SMILES string of the molecule is COc1cccc(/C=C(/C(C)C)[N+](=O)[O-])c1OC(F)F. The molecular formula is C13H15F2NO4. The highest BCUT2D eigenvalue weighted by Crippen LogP contribution is 2.34. The number of alkyl halides is 2. The number of nitro groups is 1. The number of ether oxygens (including phenoxy) is 2. The van der Waals surface area contributed by atoms with Crippen LogP contribution in [0.25, 0.3) is 6.08 Å². The monoisotopic (exact) mass is 287 g/mol. The number of rotatable bonds is 6. The summed E-state index contributed by atoms with van der Waals surface area (Å²) in [4.78, 5) is 10.4. The van der Waals surface area contributed by atoms with Crippen LogP contribution in [0, 0.1) is 16.0 Å². The quantitative estimate of drug-likeness (QED) is 0.592. The van der Waals surface area contributed by atoms with E-state index in [0.29, 0.717) is 0 Å². The summed E-state index contributed by atoms with van der Waals surface area (Å²) < 4.78 is 34.2. The molecule has 0 aliphatic rings. The molecule has 0 bridgehead atoms. The third-order valence-corrected chi connectivity index (χ3v) is 2.54. The molecule has 0 heterocycles. The Labute approximate surface area is 115 Å². The number of allylic oxidation sites excluding steroid dienone is 1. The molecule has 0 N–H and O–H groups in total. The lowest BCUT2D eigenvalue weighted by atomic mass is 10.1. The molecule has 0 amide bonds. The van der Waals surface area contributed by atoms with Gasteiger partial charge in [0.25, 0.3) is 0 Å². The zero-order valence-electron chi connectivity index (χ0n) is 11.3. The molecule has 0 aliphatic heterocycles. The van der Waals surface area contributed by atoms with Crippen LogP contribution < -0.4 is 9.47 Å².